The molecule has 4 saturated carbocycles. The lowest BCUT2D eigenvalue weighted by Crippen LogP contribution is -2.93. The summed E-state index contributed by atoms with van der Waals surface area (Å²) in [6.45, 7) is 8.71. The summed E-state index contributed by atoms with van der Waals surface area (Å²) >= 11 is 0. The van der Waals surface area contributed by atoms with E-state index in [4.69, 9.17) is 37.6 Å². The van der Waals surface area contributed by atoms with E-state index in [-0.39, 0.29) is 18.4 Å². The molecule has 4 heterocycles. The first-order valence-corrected chi connectivity index (χ1v) is 15.9. The number of hydrogen-bond donors (Lipinski definition) is 3. The van der Waals surface area contributed by atoms with Crippen molar-refractivity contribution in [1.29, 1.82) is 0 Å². The molecule has 1 spiro atoms. The zero-order valence-corrected chi connectivity index (χ0v) is 27.4. The number of rotatable bonds is 5. The van der Waals surface area contributed by atoms with Gasteiger partial charge in [-0.2, -0.15) is 0 Å². The van der Waals surface area contributed by atoms with Crippen LogP contribution in [0.5, 0.6) is 0 Å². The number of aliphatic hydroxyl groups is 3. The van der Waals surface area contributed by atoms with Crippen molar-refractivity contribution in [1.82, 2.24) is 0 Å². The van der Waals surface area contributed by atoms with Gasteiger partial charge in [-0.1, -0.05) is 13.8 Å². The van der Waals surface area contributed by atoms with Gasteiger partial charge in [0, 0.05) is 55.6 Å². The number of hydrogen-bond acceptors (Lipinski definition) is 15. The molecule has 48 heavy (non-hydrogen) atoms. The standard InChI is InChI=1S/C33H38O15/c1-14(34)43-18-11-31-28(5)21(20(37)23(38)41-7)26(3)13-30(28,39)32(40,24(26)44-15(2)35)25-33(31,48-29(6,46-25)47-31)17-10-19(36)45-22(27(17,18)4)16-8-9-42-12-16/h8-10,12,18,20-22,24-25,37,39-40H,11,13H2,1-7H3/t18-,20+,21-,22-,24-,25-,26-,27-,28+,29?,30+,31-,32-,33+/m0/s1. The van der Waals surface area contributed by atoms with Crippen molar-refractivity contribution in [2.45, 2.75) is 113 Å². The third-order valence-corrected chi connectivity index (χ3v) is 13.1. The largest absolute Gasteiger partial charge is 0.472 e. The fourth-order valence-corrected chi connectivity index (χ4v) is 11.9. The number of cyclic esters (lactones) is 1. The zero-order valence-electron chi connectivity index (χ0n) is 27.4. The van der Waals surface area contributed by atoms with Crippen molar-refractivity contribution in [3.63, 3.8) is 0 Å². The van der Waals surface area contributed by atoms with E-state index < -0.39 is 105 Å². The highest BCUT2D eigenvalue weighted by atomic mass is 16.9. The van der Waals surface area contributed by atoms with Gasteiger partial charge in [0.1, 0.15) is 35.6 Å². The highest BCUT2D eigenvalue weighted by Crippen LogP contribution is 2.88. The molecule has 2 saturated heterocycles. The summed E-state index contributed by atoms with van der Waals surface area (Å²) in [4.78, 5) is 52.4. The second-order valence-corrected chi connectivity index (χ2v) is 15.1. The van der Waals surface area contributed by atoms with Crippen molar-refractivity contribution in [2.24, 2.45) is 22.2 Å². The number of ether oxygens (including phenoxy) is 7. The van der Waals surface area contributed by atoms with Gasteiger partial charge >= 0.3 is 23.9 Å². The van der Waals surface area contributed by atoms with Crippen molar-refractivity contribution in [3.8, 4) is 0 Å². The molecular formula is C33H38O15. The first kappa shape index (κ1) is 31.9. The lowest BCUT2D eigenvalue weighted by atomic mass is 9.34. The first-order chi connectivity index (χ1) is 22.3. The maximum absolute atomic E-state index is 13.6. The van der Waals surface area contributed by atoms with Crippen LogP contribution in [0.2, 0.25) is 0 Å². The lowest BCUT2D eigenvalue weighted by Gasteiger charge is -2.76. The third-order valence-electron chi connectivity index (χ3n) is 13.1. The molecule has 15 nitrogen and oxygen atoms in total. The normalized spacial score (nSPS) is 52.5. The molecule has 0 radical (unpaired) electrons. The van der Waals surface area contributed by atoms with Crippen LogP contribution >= 0.6 is 0 Å². The van der Waals surface area contributed by atoms with Crippen LogP contribution in [0.15, 0.2) is 34.7 Å². The number of carbonyl (C=O) groups excluding carboxylic acids is 4. The Morgan fingerprint density at radius 1 is 1.04 bits per heavy atom. The van der Waals surface area contributed by atoms with E-state index in [1.54, 1.807) is 26.8 Å². The third kappa shape index (κ3) is 2.98. The van der Waals surface area contributed by atoms with Gasteiger partial charge in [-0.15, -0.1) is 0 Å². The molecule has 3 aliphatic heterocycles. The molecule has 14 atom stereocenters. The van der Waals surface area contributed by atoms with Crippen LogP contribution in [-0.2, 0) is 52.3 Å². The summed E-state index contributed by atoms with van der Waals surface area (Å²) in [5.74, 6) is -6.59. The van der Waals surface area contributed by atoms with Crippen LogP contribution in [-0.4, -0.2) is 99.1 Å². The van der Waals surface area contributed by atoms with Gasteiger partial charge in [0.05, 0.1) is 25.1 Å². The summed E-state index contributed by atoms with van der Waals surface area (Å²) in [6.07, 6.45) is -3.88. The average Bonchev–Trinajstić information content (AvgIpc) is 3.76. The van der Waals surface area contributed by atoms with Crippen molar-refractivity contribution < 1.29 is 72.1 Å². The van der Waals surface area contributed by atoms with Crippen LogP contribution in [0.25, 0.3) is 0 Å². The molecule has 260 valence electrons. The molecule has 0 aromatic carbocycles. The number of fused-ring (bicyclic) bond motifs is 4. The maximum Gasteiger partial charge on any atom is 0.335 e. The lowest BCUT2D eigenvalue weighted by molar-refractivity contribution is -0.449. The molecule has 0 amide bonds. The van der Waals surface area contributed by atoms with Gasteiger partial charge in [-0.3, -0.25) is 9.59 Å². The Balaban J connectivity index is 1.49. The van der Waals surface area contributed by atoms with Crippen LogP contribution in [0.4, 0.5) is 0 Å². The highest BCUT2D eigenvalue weighted by Gasteiger charge is 3.03. The molecule has 6 fully saturated rings. The Hall–Kier alpha value is -3.34. The molecule has 4 bridgehead atoms. The van der Waals surface area contributed by atoms with Crippen molar-refractivity contribution in [2.75, 3.05) is 7.11 Å². The number of esters is 4. The quantitative estimate of drug-likeness (QED) is 0.291. The predicted molar refractivity (Wildman–Crippen MR) is 153 cm³/mol. The van der Waals surface area contributed by atoms with Gasteiger partial charge in [-0.05, 0) is 25.0 Å². The fraction of sp³-hybridized carbons (Fsp3) is 0.697. The van der Waals surface area contributed by atoms with E-state index in [9.17, 15) is 34.5 Å². The minimum Gasteiger partial charge on any atom is -0.472 e. The van der Waals surface area contributed by atoms with E-state index in [2.05, 4.69) is 0 Å². The van der Waals surface area contributed by atoms with Gasteiger partial charge in [0.25, 0.3) is 5.97 Å². The Labute approximate surface area is 274 Å². The second-order valence-electron chi connectivity index (χ2n) is 15.1. The smallest absolute Gasteiger partial charge is 0.335 e. The minimum atomic E-state index is -2.47. The number of methoxy groups -OCH3 is 1. The van der Waals surface area contributed by atoms with Crippen LogP contribution in [0.3, 0.4) is 0 Å². The highest BCUT2D eigenvalue weighted by molar-refractivity contribution is 5.86. The Bertz CT molecular complexity index is 1710. The van der Waals surface area contributed by atoms with E-state index in [0.717, 1.165) is 14.0 Å². The molecule has 15 heteroatoms. The average molecular weight is 675 g/mol. The summed E-state index contributed by atoms with van der Waals surface area (Å²) in [6, 6.07) is 1.60. The monoisotopic (exact) mass is 674 g/mol. The van der Waals surface area contributed by atoms with Crippen molar-refractivity contribution in [3.05, 3.63) is 35.8 Å². The summed E-state index contributed by atoms with van der Waals surface area (Å²) in [7, 11) is 1.10. The molecule has 1 unspecified atom stereocenters. The molecule has 7 aliphatic rings. The Kier molecular flexibility index (Phi) is 5.89. The maximum atomic E-state index is 13.6. The van der Waals surface area contributed by atoms with E-state index >= 15 is 0 Å². The van der Waals surface area contributed by atoms with E-state index in [1.165, 1.54) is 32.4 Å². The Morgan fingerprint density at radius 3 is 2.33 bits per heavy atom. The van der Waals surface area contributed by atoms with Gasteiger partial charge < -0.3 is 52.9 Å². The molecule has 3 N–H and O–H groups in total. The van der Waals surface area contributed by atoms with E-state index in [0.29, 0.717) is 5.56 Å². The van der Waals surface area contributed by atoms with Gasteiger partial charge in [0.2, 0.25) is 0 Å². The number of carbonyl (C=O) groups is 4. The van der Waals surface area contributed by atoms with Crippen LogP contribution in [0, 0.1) is 22.2 Å². The fourth-order valence-electron chi connectivity index (χ4n) is 11.9. The summed E-state index contributed by atoms with van der Waals surface area (Å²) < 4.78 is 48.2. The second kappa shape index (κ2) is 8.87. The minimum absolute atomic E-state index is 0.159. The molecule has 1 aromatic rings. The topological polar surface area (TPSA) is 207 Å². The molecule has 1 aromatic heterocycles. The first-order valence-electron chi connectivity index (χ1n) is 15.9. The van der Waals surface area contributed by atoms with Gasteiger partial charge in [-0.25, -0.2) is 9.59 Å². The van der Waals surface area contributed by atoms with E-state index in [1.807, 2.05) is 0 Å². The summed E-state index contributed by atoms with van der Waals surface area (Å²) in [5.41, 5.74) is -12.8. The SMILES string of the molecule is COC(=O)[C@H](O)[C@H]1[C@]2(C)C[C@]3(O)[C@](O)([C@H]2OC(C)=O)[C@@H]2OC4(C)O[C@@]5(C[C@H](OC(C)=O)[C@]6(C)C(=CC(=O)O[C@H]6c6ccoc6)[C@@]25O4)[C@]13C. The predicted octanol–water partition coefficient (Wildman–Crippen LogP) is 0.730. The Morgan fingerprint density at radius 2 is 1.73 bits per heavy atom. The van der Waals surface area contributed by atoms with Crippen LogP contribution < -0.4 is 0 Å². The molecular weight excluding hydrogens is 636 g/mol. The number of aliphatic hydroxyl groups excluding tert-OH is 1. The van der Waals surface area contributed by atoms with Crippen LogP contribution in [0.1, 0.15) is 66.1 Å². The number of furan rings is 1. The van der Waals surface area contributed by atoms with Crippen molar-refractivity contribution >= 4 is 23.9 Å². The zero-order chi connectivity index (χ0) is 34.8. The van der Waals surface area contributed by atoms with Gasteiger partial charge in [0.15, 0.2) is 17.3 Å². The molecule has 8 rings (SSSR count). The summed E-state index contributed by atoms with van der Waals surface area (Å²) in [5, 5.41) is 38.2. The molecule has 4 aliphatic carbocycles.